The van der Waals surface area contributed by atoms with E-state index < -0.39 is 22.5 Å². The Morgan fingerprint density at radius 2 is 1.82 bits per heavy atom. The average Bonchev–Trinajstić information content (AvgIpc) is 3.31. The molecule has 0 unspecified atom stereocenters. The van der Waals surface area contributed by atoms with Crippen LogP contribution in [0.5, 0.6) is 0 Å². The van der Waals surface area contributed by atoms with E-state index >= 15 is 0 Å². The molecule has 152 valence electrons. The molecule has 1 saturated heterocycles. The summed E-state index contributed by atoms with van der Waals surface area (Å²) in [5, 5.41) is 0. The molecular formula is C22H28O6. The Labute approximate surface area is 165 Å². The molecule has 1 heterocycles. The van der Waals surface area contributed by atoms with Crippen LogP contribution < -0.4 is 0 Å². The van der Waals surface area contributed by atoms with Gasteiger partial charge in [0, 0.05) is 36.5 Å². The van der Waals surface area contributed by atoms with Gasteiger partial charge < -0.3 is 9.47 Å². The molecule has 1 aliphatic heterocycles. The largest absolute Gasteiger partial charge is 0.462 e. The van der Waals surface area contributed by atoms with Crippen molar-refractivity contribution < 1.29 is 28.7 Å². The number of hydrogen-bond acceptors (Lipinski definition) is 6. The molecule has 3 saturated carbocycles. The first-order valence-electron chi connectivity index (χ1n) is 10.1. The van der Waals surface area contributed by atoms with E-state index in [1.54, 1.807) is 0 Å². The van der Waals surface area contributed by atoms with Crippen molar-refractivity contribution in [3.63, 3.8) is 0 Å². The molecule has 6 heteroatoms. The molecule has 0 amide bonds. The average molecular weight is 388 g/mol. The number of ether oxygens (including phenoxy) is 2. The summed E-state index contributed by atoms with van der Waals surface area (Å²) in [5.41, 5.74) is -2.24. The number of carbonyl (C=O) groups excluding carboxylic acids is 4. The van der Waals surface area contributed by atoms with Gasteiger partial charge in [-0.25, -0.2) is 0 Å². The molecule has 0 radical (unpaired) electrons. The molecule has 4 rings (SSSR count). The van der Waals surface area contributed by atoms with Gasteiger partial charge in [-0.05, 0) is 30.8 Å². The summed E-state index contributed by atoms with van der Waals surface area (Å²) in [6.07, 6.45) is 1.19. The minimum Gasteiger partial charge on any atom is -0.462 e. The molecule has 4 aliphatic rings. The number of Topliss-reactive ketones (excluding diaryl/α,β-unsaturated/α-hetero) is 3. The zero-order valence-electron chi connectivity index (χ0n) is 17.0. The van der Waals surface area contributed by atoms with E-state index in [1.165, 1.54) is 6.92 Å². The quantitative estimate of drug-likeness (QED) is 0.297. The Morgan fingerprint density at radius 3 is 2.46 bits per heavy atom. The van der Waals surface area contributed by atoms with Crippen LogP contribution in [0.25, 0.3) is 0 Å². The van der Waals surface area contributed by atoms with E-state index in [0.717, 1.165) is 0 Å². The fourth-order valence-corrected chi connectivity index (χ4v) is 6.15. The molecule has 0 aromatic heterocycles. The topological polar surface area (TPSA) is 90.0 Å². The SMILES string of the molecule is C=C1C(=O)[C@@]23O[C@H]2[C@H]1CCC(=O)[C@]1(C)CC[C@H](OC(C)=O)C(C)(C)[C@H]1CC3=O. The fraction of sp³-hybridized carbons (Fsp3) is 0.727. The maximum Gasteiger partial charge on any atom is 0.302 e. The van der Waals surface area contributed by atoms with Gasteiger partial charge in [0.15, 0.2) is 5.78 Å². The second-order valence-corrected chi connectivity index (χ2v) is 9.75. The van der Waals surface area contributed by atoms with E-state index in [2.05, 4.69) is 6.58 Å². The van der Waals surface area contributed by atoms with Crippen molar-refractivity contribution in [3.8, 4) is 0 Å². The third-order valence-electron chi connectivity index (χ3n) is 7.95. The Morgan fingerprint density at radius 1 is 1.14 bits per heavy atom. The highest BCUT2D eigenvalue weighted by Gasteiger charge is 2.76. The number of ketones is 3. The zero-order chi connectivity index (χ0) is 20.6. The van der Waals surface area contributed by atoms with Crippen LogP contribution in [-0.2, 0) is 28.7 Å². The lowest BCUT2D eigenvalue weighted by atomic mass is 9.51. The minimum absolute atomic E-state index is 0.0647. The lowest BCUT2D eigenvalue weighted by Crippen LogP contribution is -2.55. The third-order valence-corrected chi connectivity index (χ3v) is 7.95. The highest BCUT2D eigenvalue weighted by Crippen LogP contribution is 2.60. The predicted octanol–water partition coefficient (Wildman–Crippen LogP) is 2.58. The summed E-state index contributed by atoms with van der Waals surface area (Å²) in [7, 11) is 0. The first-order chi connectivity index (χ1) is 13.0. The van der Waals surface area contributed by atoms with Crippen molar-refractivity contribution in [2.45, 2.75) is 77.6 Å². The van der Waals surface area contributed by atoms with Crippen LogP contribution in [0.1, 0.15) is 59.8 Å². The summed E-state index contributed by atoms with van der Waals surface area (Å²) in [5.74, 6) is -1.41. The zero-order valence-corrected chi connectivity index (χ0v) is 17.0. The molecule has 6 nitrogen and oxygen atoms in total. The van der Waals surface area contributed by atoms with Crippen LogP contribution in [-0.4, -0.2) is 41.1 Å². The normalized spacial score (nSPS) is 44.6. The van der Waals surface area contributed by atoms with Crippen molar-refractivity contribution in [1.29, 1.82) is 0 Å². The molecule has 0 N–H and O–H groups in total. The van der Waals surface area contributed by atoms with Gasteiger partial charge in [0.1, 0.15) is 18.0 Å². The van der Waals surface area contributed by atoms with Gasteiger partial charge in [0.05, 0.1) is 0 Å². The molecule has 0 aromatic rings. The van der Waals surface area contributed by atoms with Crippen molar-refractivity contribution in [2.24, 2.45) is 22.7 Å². The second-order valence-electron chi connectivity index (χ2n) is 9.75. The summed E-state index contributed by atoms with van der Waals surface area (Å²) in [6.45, 7) is 11.1. The van der Waals surface area contributed by atoms with Crippen molar-refractivity contribution in [2.75, 3.05) is 0 Å². The molecule has 3 aliphatic carbocycles. The molecule has 4 fully saturated rings. The van der Waals surface area contributed by atoms with E-state index in [-0.39, 0.29) is 47.7 Å². The first kappa shape index (κ1) is 19.5. The summed E-state index contributed by atoms with van der Waals surface area (Å²) < 4.78 is 11.2. The van der Waals surface area contributed by atoms with E-state index in [1.807, 2.05) is 20.8 Å². The lowest BCUT2D eigenvalue weighted by molar-refractivity contribution is -0.172. The van der Waals surface area contributed by atoms with E-state index in [4.69, 9.17) is 9.47 Å². The Balaban J connectivity index is 1.75. The van der Waals surface area contributed by atoms with Crippen LogP contribution in [0.4, 0.5) is 0 Å². The Hall–Kier alpha value is -1.82. The number of epoxide rings is 1. The van der Waals surface area contributed by atoms with Gasteiger partial charge in [-0.3, -0.25) is 19.2 Å². The highest BCUT2D eigenvalue weighted by molar-refractivity contribution is 6.23. The minimum atomic E-state index is -1.38. The van der Waals surface area contributed by atoms with Gasteiger partial charge in [-0.1, -0.05) is 27.4 Å². The van der Waals surface area contributed by atoms with Gasteiger partial charge in [0.2, 0.25) is 11.4 Å². The Bertz CT molecular complexity index is 810. The molecule has 2 bridgehead atoms. The monoisotopic (exact) mass is 388 g/mol. The van der Waals surface area contributed by atoms with E-state index in [9.17, 15) is 19.2 Å². The van der Waals surface area contributed by atoms with E-state index in [0.29, 0.717) is 31.3 Å². The van der Waals surface area contributed by atoms with Crippen LogP contribution in [0.2, 0.25) is 0 Å². The van der Waals surface area contributed by atoms with Crippen molar-refractivity contribution >= 4 is 23.3 Å². The lowest BCUT2D eigenvalue weighted by Gasteiger charge is -2.53. The third kappa shape index (κ3) is 2.36. The maximum atomic E-state index is 13.3. The number of carbonyl (C=O) groups is 4. The van der Waals surface area contributed by atoms with Crippen LogP contribution >= 0.6 is 0 Å². The second kappa shape index (κ2) is 5.85. The number of fused-ring (bicyclic) bond motifs is 1. The molecule has 6 atom stereocenters. The van der Waals surface area contributed by atoms with Gasteiger partial charge in [-0.15, -0.1) is 0 Å². The molecular weight excluding hydrogens is 360 g/mol. The summed E-state index contributed by atoms with van der Waals surface area (Å²) >= 11 is 0. The summed E-state index contributed by atoms with van der Waals surface area (Å²) in [4.78, 5) is 51.0. The van der Waals surface area contributed by atoms with Gasteiger partial charge in [0.25, 0.3) is 0 Å². The highest BCUT2D eigenvalue weighted by atomic mass is 16.6. The predicted molar refractivity (Wildman–Crippen MR) is 99.3 cm³/mol. The standard InChI is InChI=1S/C22H28O6/c1-11-13-6-7-15(24)21(5)9-8-17(27-12(2)23)20(3,4)14(21)10-16(25)22(18(11)26)19(13)28-22/h13-14,17,19H,1,6-10H2,2-5H3/t13-,14+,17-,19-,21+,22+/m0/s1. The van der Waals surface area contributed by atoms with Gasteiger partial charge in [-0.2, -0.15) is 0 Å². The summed E-state index contributed by atoms with van der Waals surface area (Å²) in [6, 6.07) is 0. The number of hydrogen-bond donors (Lipinski definition) is 0. The fourth-order valence-electron chi connectivity index (χ4n) is 6.15. The van der Waals surface area contributed by atoms with Crippen LogP contribution in [0.3, 0.4) is 0 Å². The first-order valence-corrected chi connectivity index (χ1v) is 10.1. The van der Waals surface area contributed by atoms with Crippen LogP contribution in [0.15, 0.2) is 12.2 Å². The van der Waals surface area contributed by atoms with Crippen molar-refractivity contribution in [3.05, 3.63) is 12.2 Å². The Kier molecular flexibility index (Phi) is 4.07. The van der Waals surface area contributed by atoms with Crippen molar-refractivity contribution in [1.82, 2.24) is 0 Å². The number of esters is 1. The molecule has 0 spiro atoms. The smallest absolute Gasteiger partial charge is 0.302 e. The van der Waals surface area contributed by atoms with Gasteiger partial charge >= 0.3 is 5.97 Å². The van der Waals surface area contributed by atoms with Crippen LogP contribution in [0, 0.1) is 22.7 Å². The molecule has 0 aromatic carbocycles. The number of rotatable bonds is 1. The molecule has 28 heavy (non-hydrogen) atoms. The maximum absolute atomic E-state index is 13.3.